The summed E-state index contributed by atoms with van der Waals surface area (Å²) in [5.41, 5.74) is 8.83. The molecule has 2 aromatic rings. The summed E-state index contributed by atoms with van der Waals surface area (Å²) in [4.78, 5) is 0. The Labute approximate surface area is 139 Å². The molecular formula is C17H17ClN4O. The van der Waals surface area contributed by atoms with Crippen molar-refractivity contribution in [2.45, 2.75) is 32.1 Å². The number of nitrogens with one attached hydrogen (secondary N) is 1. The third kappa shape index (κ3) is 2.55. The van der Waals surface area contributed by atoms with Crippen molar-refractivity contribution in [3.63, 3.8) is 0 Å². The quantitative estimate of drug-likeness (QED) is 0.837. The van der Waals surface area contributed by atoms with Crippen LogP contribution < -0.4 is 10.5 Å². The van der Waals surface area contributed by atoms with E-state index in [0.717, 1.165) is 16.8 Å². The highest BCUT2D eigenvalue weighted by Gasteiger charge is 2.37. The summed E-state index contributed by atoms with van der Waals surface area (Å²) in [5, 5.41) is 17.5. The van der Waals surface area contributed by atoms with Crippen molar-refractivity contribution in [3.8, 4) is 11.9 Å². The summed E-state index contributed by atoms with van der Waals surface area (Å²) < 4.78 is 5.55. The number of ether oxygens (including phenoxy) is 1. The van der Waals surface area contributed by atoms with Gasteiger partial charge in [-0.05, 0) is 17.7 Å². The Balaban J connectivity index is 2.26. The number of H-pyrrole nitrogens is 1. The first-order valence-corrected chi connectivity index (χ1v) is 7.62. The molecule has 1 aromatic carbocycles. The van der Waals surface area contributed by atoms with E-state index in [2.05, 4.69) is 37.0 Å². The van der Waals surface area contributed by atoms with Gasteiger partial charge in [0.1, 0.15) is 11.6 Å². The Morgan fingerprint density at radius 2 is 1.96 bits per heavy atom. The summed E-state index contributed by atoms with van der Waals surface area (Å²) in [7, 11) is 0. The van der Waals surface area contributed by atoms with Crippen molar-refractivity contribution in [1.29, 1.82) is 5.26 Å². The first-order valence-electron chi connectivity index (χ1n) is 7.24. The molecule has 1 aromatic heterocycles. The van der Waals surface area contributed by atoms with Gasteiger partial charge >= 0.3 is 0 Å². The maximum absolute atomic E-state index is 9.58. The predicted molar refractivity (Wildman–Crippen MR) is 88.0 cm³/mol. The predicted octanol–water partition coefficient (Wildman–Crippen LogP) is 3.58. The standard InChI is InChI=1S/C17H17ClN4O/c1-17(2,3)14-13-12(9-4-6-10(18)7-5-9)11(8-19)15(20)23-16(13)22-21-14/h4-7,12H,20H2,1-3H3,(H,21,22)/t12-/m1/s1. The van der Waals surface area contributed by atoms with E-state index in [1.807, 2.05) is 12.1 Å². The van der Waals surface area contributed by atoms with E-state index in [1.54, 1.807) is 12.1 Å². The molecule has 118 valence electrons. The van der Waals surface area contributed by atoms with Gasteiger partial charge in [-0.3, -0.25) is 5.10 Å². The van der Waals surface area contributed by atoms with Crippen molar-refractivity contribution in [3.05, 3.63) is 57.6 Å². The number of benzene rings is 1. The second-order valence-corrected chi connectivity index (χ2v) is 6.98. The third-order valence-electron chi connectivity index (χ3n) is 3.89. The Bertz CT molecular complexity index is 822. The van der Waals surface area contributed by atoms with E-state index in [9.17, 15) is 5.26 Å². The monoisotopic (exact) mass is 328 g/mol. The number of halogens is 1. The van der Waals surface area contributed by atoms with E-state index in [4.69, 9.17) is 22.1 Å². The molecule has 0 unspecified atom stereocenters. The summed E-state index contributed by atoms with van der Waals surface area (Å²) in [6.07, 6.45) is 0. The zero-order chi connectivity index (χ0) is 16.8. The molecule has 0 amide bonds. The van der Waals surface area contributed by atoms with Crippen molar-refractivity contribution in [2.24, 2.45) is 5.73 Å². The normalized spacial score (nSPS) is 17.4. The van der Waals surface area contributed by atoms with Crippen molar-refractivity contribution in [1.82, 2.24) is 10.2 Å². The molecule has 6 heteroatoms. The lowest BCUT2D eigenvalue weighted by Gasteiger charge is -2.27. The average molecular weight is 329 g/mol. The molecule has 0 bridgehead atoms. The molecule has 0 radical (unpaired) electrons. The maximum Gasteiger partial charge on any atom is 0.244 e. The summed E-state index contributed by atoms with van der Waals surface area (Å²) in [5.74, 6) is 0.187. The fraction of sp³-hybridized carbons (Fsp3) is 0.294. The summed E-state index contributed by atoms with van der Waals surface area (Å²) in [6, 6.07) is 9.57. The molecular weight excluding hydrogens is 312 g/mol. The topological polar surface area (TPSA) is 87.7 Å². The average Bonchev–Trinajstić information content (AvgIpc) is 2.90. The summed E-state index contributed by atoms with van der Waals surface area (Å²) in [6.45, 7) is 6.23. The highest BCUT2D eigenvalue weighted by Crippen LogP contribution is 2.45. The van der Waals surface area contributed by atoms with Crippen LogP contribution in [0, 0.1) is 11.3 Å². The van der Waals surface area contributed by atoms with Gasteiger partial charge in [0.2, 0.25) is 11.8 Å². The minimum Gasteiger partial charge on any atom is -0.420 e. The largest absolute Gasteiger partial charge is 0.420 e. The van der Waals surface area contributed by atoms with Gasteiger partial charge < -0.3 is 10.5 Å². The maximum atomic E-state index is 9.58. The van der Waals surface area contributed by atoms with E-state index >= 15 is 0 Å². The molecule has 0 spiro atoms. The number of aromatic nitrogens is 2. The van der Waals surface area contributed by atoms with Crippen LogP contribution in [0.5, 0.6) is 5.88 Å². The lowest BCUT2D eigenvalue weighted by atomic mass is 9.79. The molecule has 0 saturated heterocycles. The van der Waals surface area contributed by atoms with Gasteiger partial charge in [0, 0.05) is 16.1 Å². The fourth-order valence-corrected chi connectivity index (χ4v) is 2.93. The first kappa shape index (κ1) is 15.4. The van der Waals surface area contributed by atoms with Crippen LogP contribution in [0.15, 0.2) is 35.7 Å². The van der Waals surface area contributed by atoms with Crippen LogP contribution in [0.1, 0.15) is 43.5 Å². The number of fused-ring (bicyclic) bond motifs is 1. The number of hydrogen-bond acceptors (Lipinski definition) is 4. The molecule has 1 aliphatic heterocycles. The van der Waals surface area contributed by atoms with Crippen LogP contribution >= 0.6 is 11.6 Å². The SMILES string of the molecule is CC(C)(C)c1[nH]nc2c1[C@H](c1ccc(Cl)cc1)C(C#N)=C(N)O2. The minimum absolute atomic E-state index is 0.0897. The number of nitrogens with zero attached hydrogens (tertiary/aromatic N) is 2. The van der Waals surface area contributed by atoms with Crippen LogP contribution in [0.4, 0.5) is 0 Å². The minimum atomic E-state index is -0.325. The zero-order valence-corrected chi connectivity index (χ0v) is 13.9. The van der Waals surface area contributed by atoms with Crippen LogP contribution in [0.3, 0.4) is 0 Å². The highest BCUT2D eigenvalue weighted by molar-refractivity contribution is 6.30. The molecule has 3 rings (SSSR count). The molecule has 0 fully saturated rings. The van der Waals surface area contributed by atoms with Crippen LogP contribution in [-0.2, 0) is 5.41 Å². The second-order valence-electron chi connectivity index (χ2n) is 6.54. The molecule has 23 heavy (non-hydrogen) atoms. The molecule has 1 aliphatic rings. The first-order chi connectivity index (χ1) is 10.8. The number of aromatic amines is 1. The smallest absolute Gasteiger partial charge is 0.244 e. The van der Waals surface area contributed by atoms with E-state index in [0.29, 0.717) is 16.5 Å². The Morgan fingerprint density at radius 1 is 1.30 bits per heavy atom. The van der Waals surface area contributed by atoms with Gasteiger partial charge in [0.15, 0.2) is 0 Å². The molecule has 0 aliphatic carbocycles. The van der Waals surface area contributed by atoms with Gasteiger partial charge in [-0.1, -0.05) is 44.5 Å². The van der Waals surface area contributed by atoms with Gasteiger partial charge in [0.05, 0.1) is 11.5 Å². The van der Waals surface area contributed by atoms with Gasteiger partial charge in [-0.15, -0.1) is 5.10 Å². The molecule has 1 atom stereocenters. The van der Waals surface area contributed by atoms with Crippen molar-refractivity contribution >= 4 is 11.6 Å². The van der Waals surface area contributed by atoms with Gasteiger partial charge in [0.25, 0.3) is 0 Å². The number of hydrogen-bond donors (Lipinski definition) is 2. The molecule has 0 saturated carbocycles. The number of nitriles is 1. The van der Waals surface area contributed by atoms with Gasteiger partial charge in [-0.25, -0.2) is 0 Å². The second kappa shape index (κ2) is 5.32. The fourth-order valence-electron chi connectivity index (χ4n) is 2.81. The lowest BCUT2D eigenvalue weighted by Crippen LogP contribution is -2.23. The van der Waals surface area contributed by atoms with Crippen LogP contribution in [-0.4, -0.2) is 10.2 Å². The third-order valence-corrected chi connectivity index (χ3v) is 4.14. The lowest BCUT2D eigenvalue weighted by molar-refractivity contribution is 0.378. The van der Waals surface area contributed by atoms with Crippen molar-refractivity contribution in [2.75, 3.05) is 0 Å². The Hall–Kier alpha value is -2.45. The van der Waals surface area contributed by atoms with Crippen LogP contribution in [0.25, 0.3) is 0 Å². The number of rotatable bonds is 1. The van der Waals surface area contributed by atoms with E-state index < -0.39 is 0 Å². The molecule has 5 nitrogen and oxygen atoms in total. The molecule has 3 N–H and O–H groups in total. The number of allylic oxidation sites excluding steroid dienone is 1. The molecule has 2 heterocycles. The van der Waals surface area contributed by atoms with E-state index in [1.165, 1.54) is 0 Å². The Morgan fingerprint density at radius 3 is 2.52 bits per heavy atom. The van der Waals surface area contributed by atoms with Crippen LogP contribution in [0.2, 0.25) is 5.02 Å². The Kier molecular flexibility index (Phi) is 3.57. The summed E-state index contributed by atoms with van der Waals surface area (Å²) >= 11 is 5.99. The van der Waals surface area contributed by atoms with Gasteiger partial charge in [-0.2, -0.15) is 5.26 Å². The number of nitrogens with two attached hydrogens (primary N) is 1. The van der Waals surface area contributed by atoms with E-state index in [-0.39, 0.29) is 17.2 Å². The van der Waals surface area contributed by atoms with Crippen molar-refractivity contribution < 1.29 is 4.74 Å². The highest BCUT2D eigenvalue weighted by atomic mass is 35.5. The zero-order valence-electron chi connectivity index (χ0n) is 13.1.